The number of carboxylic acids is 1. The summed E-state index contributed by atoms with van der Waals surface area (Å²) in [6.45, 7) is 4.30. The maximum Gasteiger partial charge on any atom is 0.328 e. The van der Waals surface area contributed by atoms with E-state index < -0.39 is 22.1 Å². The smallest absolute Gasteiger partial charge is 0.328 e. The van der Waals surface area contributed by atoms with Crippen LogP contribution in [0.1, 0.15) is 25.0 Å². The molecular weight excluding hydrogens is 536 g/mol. The van der Waals surface area contributed by atoms with Crippen molar-refractivity contribution >= 4 is 32.8 Å². The van der Waals surface area contributed by atoms with Crippen LogP contribution in [0.2, 0.25) is 0 Å². The first-order valence-electron chi connectivity index (χ1n) is 13.4. The minimum atomic E-state index is -3.83. The molecule has 0 radical (unpaired) electrons. The van der Waals surface area contributed by atoms with Crippen LogP contribution < -0.4 is 5.32 Å². The number of fused-ring (bicyclic) bond motifs is 1. The van der Waals surface area contributed by atoms with Crippen molar-refractivity contribution in [3.05, 3.63) is 108 Å². The normalized spacial score (nSPS) is 13.2. The van der Waals surface area contributed by atoms with Gasteiger partial charge in [-0.15, -0.1) is 0 Å². The first kappa shape index (κ1) is 30.1. The van der Waals surface area contributed by atoms with E-state index in [1.165, 1.54) is 41.6 Å². The minimum Gasteiger partial charge on any atom is -0.478 e. The molecule has 0 spiro atoms. The highest BCUT2D eigenvalue weighted by Crippen LogP contribution is 2.27. The molecule has 0 saturated heterocycles. The molecule has 0 amide bonds. The molecule has 7 nitrogen and oxygen atoms in total. The Morgan fingerprint density at radius 1 is 0.951 bits per heavy atom. The van der Waals surface area contributed by atoms with Crippen LogP contribution in [-0.2, 0) is 21.2 Å². The summed E-state index contributed by atoms with van der Waals surface area (Å²) in [5.41, 5.74) is 3.12. The van der Waals surface area contributed by atoms with Gasteiger partial charge in [-0.25, -0.2) is 13.2 Å². The summed E-state index contributed by atoms with van der Waals surface area (Å²) in [6.07, 6.45) is 2.42. The van der Waals surface area contributed by atoms with Crippen molar-refractivity contribution in [1.29, 1.82) is 0 Å². The van der Waals surface area contributed by atoms with Gasteiger partial charge < -0.3 is 15.5 Å². The summed E-state index contributed by atoms with van der Waals surface area (Å²) in [7, 11) is -2.38. The van der Waals surface area contributed by atoms with Gasteiger partial charge in [-0.3, -0.25) is 0 Å². The highest BCUT2D eigenvalue weighted by atomic mass is 32.2. The Labute approximate surface area is 241 Å². The average molecular weight is 573 g/mol. The van der Waals surface area contributed by atoms with Crippen LogP contribution in [0.5, 0.6) is 0 Å². The summed E-state index contributed by atoms with van der Waals surface area (Å²) >= 11 is 0. The maximum atomic E-state index is 13.2. The van der Waals surface area contributed by atoms with Crippen LogP contribution in [0.3, 0.4) is 0 Å². The predicted molar refractivity (Wildman–Crippen MR) is 164 cm³/mol. The van der Waals surface area contributed by atoms with E-state index in [0.717, 1.165) is 27.9 Å². The lowest BCUT2D eigenvalue weighted by Gasteiger charge is -2.29. The van der Waals surface area contributed by atoms with Gasteiger partial charge in [-0.2, -0.15) is 4.31 Å². The van der Waals surface area contributed by atoms with E-state index in [0.29, 0.717) is 5.56 Å². The molecule has 41 heavy (non-hydrogen) atoms. The molecule has 0 bridgehead atoms. The Balaban J connectivity index is 1.36. The fourth-order valence-electron chi connectivity index (χ4n) is 4.83. The Morgan fingerprint density at radius 2 is 1.61 bits per heavy atom. The van der Waals surface area contributed by atoms with E-state index in [9.17, 15) is 18.3 Å². The molecule has 8 heteroatoms. The highest BCUT2D eigenvalue weighted by Gasteiger charge is 2.25. The maximum absolute atomic E-state index is 13.2. The summed E-state index contributed by atoms with van der Waals surface area (Å²) in [5, 5.41) is 25.4. The van der Waals surface area contributed by atoms with Crippen molar-refractivity contribution in [1.82, 2.24) is 9.62 Å². The summed E-state index contributed by atoms with van der Waals surface area (Å²) in [5.74, 6) is -1.05. The van der Waals surface area contributed by atoms with Crippen LogP contribution in [-0.4, -0.2) is 60.7 Å². The fraction of sp³-hybridized carbons (Fsp3) is 0.242. The zero-order chi connectivity index (χ0) is 29.6. The number of benzene rings is 4. The number of hydrogen-bond donors (Lipinski definition) is 3. The Bertz CT molecular complexity index is 1650. The Morgan fingerprint density at radius 3 is 2.32 bits per heavy atom. The third kappa shape index (κ3) is 7.89. The van der Waals surface area contributed by atoms with E-state index in [1.807, 2.05) is 30.3 Å². The van der Waals surface area contributed by atoms with Gasteiger partial charge in [-0.1, -0.05) is 78.9 Å². The molecule has 4 aromatic carbocycles. The van der Waals surface area contributed by atoms with E-state index in [4.69, 9.17) is 5.11 Å². The number of aliphatic hydroxyl groups excluding tert-OH is 1. The van der Waals surface area contributed by atoms with E-state index >= 15 is 0 Å². The standard InChI is InChI=1S/C33H36N2O5S/c1-33(2,21-24-12-13-25-8-4-5-10-28(25)20-24)34-22-29(36)23-35(3)41(39,40)30-17-14-27(15-18-30)31-11-7-6-9-26(31)16-19-32(37)38/h4-20,29,34,36H,21-23H2,1-3H3,(H,37,38)/t29-/m1/s1. The second kappa shape index (κ2) is 12.8. The monoisotopic (exact) mass is 572 g/mol. The van der Waals surface area contributed by atoms with Gasteiger partial charge in [0.2, 0.25) is 10.0 Å². The van der Waals surface area contributed by atoms with Crippen molar-refractivity contribution in [3.63, 3.8) is 0 Å². The van der Waals surface area contributed by atoms with Gasteiger partial charge in [0.05, 0.1) is 11.0 Å². The highest BCUT2D eigenvalue weighted by molar-refractivity contribution is 7.89. The second-order valence-electron chi connectivity index (χ2n) is 10.8. The first-order valence-corrected chi connectivity index (χ1v) is 14.9. The molecule has 3 N–H and O–H groups in total. The Kier molecular flexibility index (Phi) is 9.40. The van der Waals surface area contributed by atoms with Crippen LogP contribution in [0.25, 0.3) is 28.0 Å². The van der Waals surface area contributed by atoms with Crippen molar-refractivity contribution in [2.45, 2.75) is 36.8 Å². The molecule has 4 rings (SSSR count). The molecule has 214 valence electrons. The fourth-order valence-corrected chi connectivity index (χ4v) is 6.04. The summed E-state index contributed by atoms with van der Waals surface area (Å²) in [4.78, 5) is 11.0. The molecule has 0 aromatic heterocycles. The van der Waals surface area contributed by atoms with Gasteiger partial charge in [0, 0.05) is 31.8 Å². The van der Waals surface area contributed by atoms with Crippen LogP contribution >= 0.6 is 0 Å². The number of carboxylic acid groups (broad SMARTS) is 1. The lowest BCUT2D eigenvalue weighted by Crippen LogP contribution is -2.47. The number of aliphatic carboxylic acids is 1. The number of likely N-dealkylation sites (N-methyl/N-ethyl adjacent to an activating group) is 1. The van der Waals surface area contributed by atoms with Crippen molar-refractivity contribution in [3.8, 4) is 11.1 Å². The second-order valence-corrected chi connectivity index (χ2v) is 12.9. The lowest BCUT2D eigenvalue weighted by atomic mass is 9.93. The van der Waals surface area contributed by atoms with E-state index in [1.54, 1.807) is 18.2 Å². The first-order chi connectivity index (χ1) is 19.4. The van der Waals surface area contributed by atoms with Crippen molar-refractivity contribution < 1.29 is 23.4 Å². The SMILES string of the molecule is CN(C[C@H](O)CNC(C)(C)Cc1ccc2ccccc2c1)S(=O)(=O)c1ccc(-c2ccccc2C=CC(=O)O)cc1. The van der Waals surface area contributed by atoms with Gasteiger partial charge in [0.25, 0.3) is 0 Å². The topological polar surface area (TPSA) is 107 Å². The predicted octanol–water partition coefficient (Wildman–Crippen LogP) is 5.20. The third-order valence-electron chi connectivity index (χ3n) is 6.98. The van der Waals surface area contributed by atoms with Crippen molar-refractivity contribution in [2.24, 2.45) is 0 Å². The van der Waals surface area contributed by atoms with Gasteiger partial charge in [0.1, 0.15) is 0 Å². The van der Waals surface area contributed by atoms with Crippen LogP contribution in [0.15, 0.2) is 102 Å². The summed E-state index contributed by atoms with van der Waals surface area (Å²) in [6, 6.07) is 28.3. The molecule has 0 fully saturated rings. The molecule has 0 aliphatic heterocycles. The number of nitrogens with zero attached hydrogens (tertiary/aromatic N) is 1. The van der Waals surface area contributed by atoms with E-state index in [2.05, 4.69) is 49.5 Å². The summed E-state index contributed by atoms with van der Waals surface area (Å²) < 4.78 is 27.6. The lowest BCUT2D eigenvalue weighted by molar-refractivity contribution is -0.131. The van der Waals surface area contributed by atoms with Crippen molar-refractivity contribution in [2.75, 3.05) is 20.1 Å². The third-order valence-corrected chi connectivity index (χ3v) is 8.82. The minimum absolute atomic E-state index is 0.0635. The molecule has 0 heterocycles. The van der Waals surface area contributed by atoms with Crippen LogP contribution in [0.4, 0.5) is 0 Å². The van der Waals surface area contributed by atoms with Gasteiger partial charge >= 0.3 is 5.97 Å². The number of sulfonamides is 1. The number of hydrogen-bond acceptors (Lipinski definition) is 5. The van der Waals surface area contributed by atoms with Crippen LogP contribution in [0, 0.1) is 0 Å². The molecule has 0 aliphatic carbocycles. The molecular formula is C33H36N2O5S. The number of carbonyl (C=O) groups is 1. The number of rotatable bonds is 12. The largest absolute Gasteiger partial charge is 0.478 e. The molecule has 1 atom stereocenters. The van der Waals surface area contributed by atoms with Gasteiger partial charge in [0.15, 0.2) is 0 Å². The van der Waals surface area contributed by atoms with E-state index in [-0.39, 0.29) is 23.5 Å². The number of aliphatic hydroxyl groups is 1. The molecule has 0 saturated carbocycles. The number of β-amino-alcohol motifs (C(OH)–C–C–N with tert-alkyl or cyclic N) is 1. The van der Waals surface area contributed by atoms with Gasteiger partial charge in [-0.05, 0) is 71.5 Å². The zero-order valence-electron chi connectivity index (χ0n) is 23.5. The molecule has 0 aliphatic rings. The quantitative estimate of drug-likeness (QED) is 0.202. The zero-order valence-corrected chi connectivity index (χ0v) is 24.3. The average Bonchev–Trinajstić information content (AvgIpc) is 2.95. The molecule has 4 aromatic rings. The number of nitrogens with one attached hydrogen (secondary N) is 1. The Hall–Kier alpha value is -3.82. The molecule has 0 unspecified atom stereocenters.